The predicted octanol–water partition coefficient (Wildman–Crippen LogP) is 2.33. The molecule has 0 bridgehead atoms. The summed E-state index contributed by atoms with van der Waals surface area (Å²) < 4.78 is 25.7. The average Bonchev–Trinajstić information content (AvgIpc) is 2.46. The number of hydrogen-bond acceptors (Lipinski definition) is 3. The van der Waals surface area contributed by atoms with E-state index in [1.165, 1.54) is 4.31 Å². The Morgan fingerprint density at radius 2 is 2.04 bits per heavy atom. The minimum Gasteiger partial charge on any atom is -0.341 e. The van der Waals surface area contributed by atoms with Crippen LogP contribution in [0.3, 0.4) is 0 Å². The number of hydrogen-bond donors (Lipinski definition) is 0. The standard InChI is InChI=1S/C17H26N2O3S/c1-13-7-6-10-18(11-13)17(20)12-19(23(4,21)22)16-9-5-8-14(2)15(16)3/h5,8-9,13H,6-7,10-12H2,1-4H3/t13-/m1/s1. The number of rotatable bonds is 4. The van der Waals surface area contributed by atoms with Gasteiger partial charge in [-0.3, -0.25) is 9.10 Å². The average molecular weight is 338 g/mol. The molecule has 0 N–H and O–H groups in total. The van der Waals surface area contributed by atoms with Gasteiger partial charge in [0.05, 0.1) is 11.9 Å². The largest absolute Gasteiger partial charge is 0.341 e. The first-order valence-electron chi connectivity index (χ1n) is 8.02. The van der Waals surface area contributed by atoms with Gasteiger partial charge in [-0.2, -0.15) is 0 Å². The Morgan fingerprint density at radius 3 is 2.65 bits per heavy atom. The Bertz CT molecular complexity index is 685. The molecule has 0 aliphatic carbocycles. The Balaban J connectivity index is 2.27. The van der Waals surface area contributed by atoms with E-state index < -0.39 is 10.0 Å². The molecule has 0 aromatic heterocycles. The molecule has 6 heteroatoms. The second-order valence-corrected chi connectivity index (χ2v) is 8.48. The number of sulfonamides is 1. The van der Waals surface area contributed by atoms with E-state index >= 15 is 0 Å². The topological polar surface area (TPSA) is 57.7 Å². The summed E-state index contributed by atoms with van der Waals surface area (Å²) in [6, 6.07) is 5.52. The molecule has 1 aliphatic rings. The Kier molecular flexibility index (Phi) is 5.34. The molecule has 1 fully saturated rings. The van der Waals surface area contributed by atoms with Crippen LogP contribution in [0.1, 0.15) is 30.9 Å². The van der Waals surface area contributed by atoms with E-state index in [0.29, 0.717) is 24.7 Å². The van der Waals surface area contributed by atoms with Gasteiger partial charge in [0.1, 0.15) is 6.54 Å². The highest BCUT2D eigenvalue weighted by Gasteiger charge is 2.27. The van der Waals surface area contributed by atoms with Gasteiger partial charge in [0.2, 0.25) is 15.9 Å². The summed E-state index contributed by atoms with van der Waals surface area (Å²) in [5.41, 5.74) is 2.49. The van der Waals surface area contributed by atoms with Crippen molar-refractivity contribution in [3.05, 3.63) is 29.3 Å². The van der Waals surface area contributed by atoms with Gasteiger partial charge in [-0.1, -0.05) is 19.1 Å². The number of benzene rings is 1. The van der Waals surface area contributed by atoms with E-state index in [1.807, 2.05) is 26.0 Å². The highest BCUT2D eigenvalue weighted by atomic mass is 32.2. The highest BCUT2D eigenvalue weighted by Crippen LogP contribution is 2.25. The van der Waals surface area contributed by atoms with Crippen molar-refractivity contribution in [1.82, 2.24) is 4.90 Å². The van der Waals surface area contributed by atoms with Gasteiger partial charge in [-0.05, 0) is 49.8 Å². The molecular weight excluding hydrogens is 312 g/mol. The predicted molar refractivity (Wildman–Crippen MR) is 93.1 cm³/mol. The van der Waals surface area contributed by atoms with Crippen molar-refractivity contribution in [3.8, 4) is 0 Å². The third-order valence-electron chi connectivity index (χ3n) is 4.53. The molecule has 0 unspecified atom stereocenters. The summed E-state index contributed by atoms with van der Waals surface area (Å²) in [6.45, 7) is 7.24. The van der Waals surface area contributed by atoms with Crippen molar-refractivity contribution in [2.24, 2.45) is 5.92 Å². The first-order chi connectivity index (χ1) is 10.7. The lowest BCUT2D eigenvalue weighted by atomic mass is 10.0. The fourth-order valence-electron chi connectivity index (χ4n) is 3.03. The zero-order valence-corrected chi connectivity index (χ0v) is 15.2. The van der Waals surface area contributed by atoms with Gasteiger partial charge >= 0.3 is 0 Å². The zero-order chi connectivity index (χ0) is 17.2. The zero-order valence-electron chi connectivity index (χ0n) is 14.4. The molecule has 1 aromatic carbocycles. The third kappa shape index (κ3) is 4.25. The minimum atomic E-state index is -3.52. The van der Waals surface area contributed by atoms with Gasteiger partial charge in [0, 0.05) is 13.1 Å². The van der Waals surface area contributed by atoms with Gasteiger partial charge < -0.3 is 4.90 Å². The van der Waals surface area contributed by atoms with E-state index in [4.69, 9.17) is 0 Å². The molecular formula is C17H26N2O3S. The lowest BCUT2D eigenvalue weighted by Crippen LogP contribution is -2.46. The lowest BCUT2D eigenvalue weighted by Gasteiger charge is -2.33. The first kappa shape index (κ1) is 17.8. The molecule has 1 amide bonds. The number of aryl methyl sites for hydroxylation is 1. The molecule has 128 valence electrons. The van der Waals surface area contributed by atoms with Crippen LogP contribution in [0.4, 0.5) is 5.69 Å². The number of anilines is 1. The molecule has 23 heavy (non-hydrogen) atoms. The van der Waals surface area contributed by atoms with Crippen LogP contribution in [0.2, 0.25) is 0 Å². The van der Waals surface area contributed by atoms with E-state index in [2.05, 4.69) is 6.92 Å². The van der Waals surface area contributed by atoms with Crippen LogP contribution in [0.15, 0.2) is 18.2 Å². The quantitative estimate of drug-likeness (QED) is 0.846. The molecule has 5 nitrogen and oxygen atoms in total. The van der Waals surface area contributed by atoms with Gasteiger partial charge in [-0.15, -0.1) is 0 Å². The van der Waals surface area contributed by atoms with Gasteiger partial charge in [0.15, 0.2) is 0 Å². The van der Waals surface area contributed by atoms with Crippen LogP contribution >= 0.6 is 0 Å². The Labute approximate surface area is 139 Å². The van der Waals surface area contributed by atoms with E-state index in [9.17, 15) is 13.2 Å². The Morgan fingerprint density at radius 1 is 1.35 bits per heavy atom. The summed E-state index contributed by atoms with van der Waals surface area (Å²) in [6.07, 6.45) is 3.26. The SMILES string of the molecule is Cc1cccc(N(CC(=O)N2CCC[C@@H](C)C2)S(C)(=O)=O)c1C. The fraction of sp³-hybridized carbons (Fsp3) is 0.588. The highest BCUT2D eigenvalue weighted by molar-refractivity contribution is 7.92. The molecule has 1 saturated heterocycles. The van der Waals surface area contributed by atoms with Crippen molar-refractivity contribution in [2.45, 2.75) is 33.6 Å². The van der Waals surface area contributed by atoms with Crippen molar-refractivity contribution >= 4 is 21.6 Å². The monoisotopic (exact) mass is 338 g/mol. The van der Waals surface area contributed by atoms with E-state index in [-0.39, 0.29) is 12.5 Å². The molecule has 1 heterocycles. The normalized spacial score (nSPS) is 18.8. The molecule has 2 rings (SSSR count). The number of nitrogens with zero attached hydrogens (tertiary/aromatic N) is 2. The summed E-state index contributed by atoms with van der Waals surface area (Å²) in [7, 11) is -3.52. The number of carbonyl (C=O) groups is 1. The maximum atomic E-state index is 12.6. The third-order valence-corrected chi connectivity index (χ3v) is 5.66. The summed E-state index contributed by atoms with van der Waals surface area (Å²) >= 11 is 0. The van der Waals surface area contributed by atoms with Crippen LogP contribution < -0.4 is 4.31 Å². The molecule has 1 aromatic rings. The van der Waals surface area contributed by atoms with Crippen LogP contribution in [0.25, 0.3) is 0 Å². The van der Waals surface area contributed by atoms with Crippen molar-refractivity contribution in [2.75, 3.05) is 30.2 Å². The van der Waals surface area contributed by atoms with Gasteiger partial charge in [0.25, 0.3) is 0 Å². The van der Waals surface area contributed by atoms with Crippen LogP contribution in [0, 0.1) is 19.8 Å². The maximum Gasteiger partial charge on any atom is 0.243 e. The molecule has 1 aliphatic heterocycles. The maximum absolute atomic E-state index is 12.6. The van der Waals surface area contributed by atoms with Crippen molar-refractivity contribution < 1.29 is 13.2 Å². The smallest absolute Gasteiger partial charge is 0.243 e. The number of amides is 1. The van der Waals surface area contributed by atoms with Crippen LogP contribution in [-0.2, 0) is 14.8 Å². The fourth-order valence-corrected chi connectivity index (χ4v) is 3.93. The van der Waals surface area contributed by atoms with Gasteiger partial charge in [-0.25, -0.2) is 8.42 Å². The summed E-state index contributed by atoms with van der Waals surface area (Å²) in [5, 5.41) is 0. The second kappa shape index (κ2) is 6.91. The minimum absolute atomic E-state index is 0.122. The van der Waals surface area contributed by atoms with Crippen LogP contribution in [-0.4, -0.2) is 45.1 Å². The first-order valence-corrected chi connectivity index (χ1v) is 9.86. The van der Waals surface area contributed by atoms with Crippen LogP contribution in [0.5, 0.6) is 0 Å². The van der Waals surface area contributed by atoms with E-state index in [1.54, 1.807) is 11.0 Å². The second-order valence-electron chi connectivity index (χ2n) is 6.58. The summed E-state index contributed by atoms with van der Waals surface area (Å²) in [5.74, 6) is 0.350. The van der Waals surface area contributed by atoms with E-state index in [0.717, 1.165) is 30.2 Å². The molecule has 0 saturated carbocycles. The summed E-state index contributed by atoms with van der Waals surface area (Å²) in [4.78, 5) is 14.4. The number of piperidine rings is 1. The Hall–Kier alpha value is -1.56. The number of carbonyl (C=O) groups excluding carboxylic acids is 1. The lowest BCUT2D eigenvalue weighted by molar-refractivity contribution is -0.131. The number of likely N-dealkylation sites (tertiary alicyclic amines) is 1. The van der Waals surface area contributed by atoms with Crippen molar-refractivity contribution in [3.63, 3.8) is 0 Å². The molecule has 1 atom stereocenters. The molecule has 0 radical (unpaired) electrons. The molecule has 0 spiro atoms. The van der Waals surface area contributed by atoms with Crippen molar-refractivity contribution in [1.29, 1.82) is 0 Å².